The molecular weight excluding hydrogens is 416 g/mol. The highest BCUT2D eigenvalue weighted by Gasteiger charge is 2.48. The summed E-state index contributed by atoms with van der Waals surface area (Å²) in [6.45, 7) is 4.88. The Labute approximate surface area is 170 Å². The van der Waals surface area contributed by atoms with Crippen molar-refractivity contribution >= 4 is 36.7 Å². The van der Waals surface area contributed by atoms with Gasteiger partial charge in [0.15, 0.2) is 19.7 Å². The minimum Gasteiger partial charge on any atom is -0.369 e. The van der Waals surface area contributed by atoms with E-state index in [0.29, 0.717) is 13.1 Å². The van der Waals surface area contributed by atoms with Crippen molar-refractivity contribution in [3.05, 3.63) is 47.3 Å². The predicted molar refractivity (Wildman–Crippen MR) is 113 cm³/mol. The molecule has 1 aromatic carbocycles. The zero-order valence-electron chi connectivity index (χ0n) is 15.7. The molecule has 0 radical (unpaired) electrons. The molecule has 0 unspecified atom stereocenters. The summed E-state index contributed by atoms with van der Waals surface area (Å²) in [6.07, 6.45) is 0. The van der Waals surface area contributed by atoms with Gasteiger partial charge in [-0.25, -0.2) is 16.8 Å². The van der Waals surface area contributed by atoms with E-state index >= 15 is 0 Å². The van der Waals surface area contributed by atoms with Crippen LogP contribution < -0.4 is 4.90 Å². The van der Waals surface area contributed by atoms with Crippen LogP contribution in [0, 0.1) is 6.92 Å². The Bertz CT molecular complexity index is 1040. The fourth-order valence-electron chi connectivity index (χ4n) is 4.14. The van der Waals surface area contributed by atoms with Crippen molar-refractivity contribution in [2.24, 2.45) is 0 Å². The van der Waals surface area contributed by atoms with Crippen LogP contribution in [-0.2, 0) is 19.7 Å². The zero-order valence-corrected chi connectivity index (χ0v) is 18.1. The monoisotopic (exact) mass is 440 g/mol. The highest BCUT2D eigenvalue weighted by atomic mass is 32.2. The molecule has 0 N–H and O–H groups in total. The van der Waals surface area contributed by atoms with Gasteiger partial charge in [0.25, 0.3) is 0 Å². The van der Waals surface area contributed by atoms with Crippen molar-refractivity contribution in [3.8, 4) is 0 Å². The number of nitrogens with zero attached hydrogens (tertiary/aromatic N) is 2. The van der Waals surface area contributed by atoms with Crippen molar-refractivity contribution in [1.82, 2.24) is 4.90 Å². The van der Waals surface area contributed by atoms with Crippen molar-refractivity contribution in [3.63, 3.8) is 0 Å². The summed E-state index contributed by atoms with van der Waals surface area (Å²) in [5.74, 6) is -0.358. The number of benzene rings is 1. The number of anilines is 1. The normalized spacial score (nSPS) is 25.8. The molecule has 4 rings (SSSR count). The molecule has 28 heavy (non-hydrogen) atoms. The van der Waals surface area contributed by atoms with Crippen LogP contribution in [0.3, 0.4) is 0 Å². The van der Waals surface area contributed by atoms with E-state index in [1.54, 1.807) is 17.5 Å². The maximum atomic E-state index is 13.1. The van der Waals surface area contributed by atoms with E-state index in [4.69, 9.17) is 0 Å². The van der Waals surface area contributed by atoms with E-state index < -0.39 is 31.0 Å². The fourth-order valence-corrected chi connectivity index (χ4v) is 10.2. The number of aryl methyl sites for hydroxylation is 1. The summed E-state index contributed by atoms with van der Waals surface area (Å²) >= 11 is 1.16. The molecule has 2 aliphatic heterocycles. The zero-order chi connectivity index (χ0) is 19.9. The van der Waals surface area contributed by atoms with Crippen LogP contribution in [0.1, 0.15) is 5.56 Å². The average molecular weight is 441 g/mol. The van der Waals surface area contributed by atoms with Gasteiger partial charge in [-0.3, -0.25) is 4.90 Å². The highest BCUT2D eigenvalue weighted by molar-refractivity contribution is 7.97. The highest BCUT2D eigenvalue weighted by Crippen LogP contribution is 2.32. The second-order valence-corrected chi connectivity index (χ2v) is 13.0. The maximum absolute atomic E-state index is 13.1. The van der Waals surface area contributed by atoms with Gasteiger partial charge in [0.1, 0.15) is 4.21 Å². The van der Waals surface area contributed by atoms with Crippen molar-refractivity contribution in [1.29, 1.82) is 0 Å². The molecule has 0 saturated carbocycles. The summed E-state index contributed by atoms with van der Waals surface area (Å²) in [6, 6.07) is 11.1. The number of hydrogen-bond donors (Lipinski definition) is 0. The molecule has 0 spiro atoms. The molecule has 152 valence electrons. The first kappa shape index (κ1) is 19.9. The molecule has 0 bridgehead atoms. The molecule has 2 atom stereocenters. The van der Waals surface area contributed by atoms with Crippen LogP contribution in [-0.4, -0.2) is 70.7 Å². The van der Waals surface area contributed by atoms with Crippen molar-refractivity contribution < 1.29 is 16.8 Å². The first-order chi connectivity index (χ1) is 13.3. The number of hydrogen-bond acceptors (Lipinski definition) is 7. The molecular formula is C19H24N2O4S3. The van der Waals surface area contributed by atoms with Crippen LogP contribution >= 0.6 is 11.3 Å². The van der Waals surface area contributed by atoms with E-state index in [1.165, 1.54) is 5.56 Å². The van der Waals surface area contributed by atoms with Crippen LogP contribution in [0.5, 0.6) is 0 Å². The lowest BCUT2D eigenvalue weighted by Crippen LogP contribution is -2.54. The molecule has 2 saturated heterocycles. The maximum Gasteiger partial charge on any atom is 0.193 e. The second-order valence-electron chi connectivity index (χ2n) is 7.52. The Hall–Kier alpha value is -1.42. The van der Waals surface area contributed by atoms with E-state index in [-0.39, 0.29) is 15.7 Å². The van der Waals surface area contributed by atoms with E-state index in [2.05, 4.69) is 34.9 Å². The number of piperazine rings is 1. The van der Waals surface area contributed by atoms with Gasteiger partial charge in [-0.1, -0.05) is 18.2 Å². The minimum atomic E-state index is -3.65. The molecule has 2 aromatic rings. The van der Waals surface area contributed by atoms with E-state index in [9.17, 15) is 16.8 Å². The Morgan fingerprint density at radius 2 is 1.79 bits per heavy atom. The predicted octanol–water partition coefficient (Wildman–Crippen LogP) is 1.82. The molecule has 1 aromatic heterocycles. The molecule has 2 fully saturated rings. The van der Waals surface area contributed by atoms with Gasteiger partial charge in [-0.15, -0.1) is 11.3 Å². The third kappa shape index (κ3) is 3.85. The van der Waals surface area contributed by atoms with Crippen LogP contribution in [0.2, 0.25) is 0 Å². The Morgan fingerprint density at radius 3 is 2.43 bits per heavy atom. The topological polar surface area (TPSA) is 74.8 Å². The van der Waals surface area contributed by atoms with Crippen LogP contribution in [0.4, 0.5) is 5.69 Å². The number of sulfone groups is 2. The van der Waals surface area contributed by atoms with Gasteiger partial charge >= 0.3 is 0 Å². The summed E-state index contributed by atoms with van der Waals surface area (Å²) < 4.78 is 51.1. The second kappa shape index (κ2) is 7.44. The molecule has 3 heterocycles. The quantitative estimate of drug-likeness (QED) is 0.722. The van der Waals surface area contributed by atoms with Gasteiger partial charge in [0.2, 0.25) is 0 Å². The van der Waals surface area contributed by atoms with Gasteiger partial charge in [-0.2, -0.15) is 0 Å². The van der Waals surface area contributed by atoms with Gasteiger partial charge in [-0.05, 0) is 36.1 Å². The molecule has 0 aliphatic carbocycles. The third-order valence-electron chi connectivity index (χ3n) is 5.60. The van der Waals surface area contributed by atoms with Crippen molar-refractivity contribution in [2.45, 2.75) is 22.4 Å². The lowest BCUT2D eigenvalue weighted by Gasteiger charge is -2.40. The van der Waals surface area contributed by atoms with E-state index in [1.807, 2.05) is 6.07 Å². The van der Waals surface area contributed by atoms with E-state index in [0.717, 1.165) is 30.1 Å². The molecule has 0 amide bonds. The molecule has 6 nitrogen and oxygen atoms in total. The summed E-state index contributed by atoms with van der Waals surface area (Å²) in [4.78, 5) is 4.34. The first-order valence-electron chi connectivity index (χ1n) is 9.30. The Kier molecular flexibility index (Phi) is 5.28. The van der Waals surface area contributed by atoms with Crippen molar-refractivity contribution in [2.75, 3.05) is 42.6 Å². The minimum absolute atomic E-state index is 0.0767. The number of rotatable bonds is 4. The van der Waals surface area contributed by atoms with Gasteiger partial charge in [0.05, 0.1) is 16.8 Å². The summed E-state index contributed by atoms with van der Waals surface area (Å²) in [5, 5.41) is 0.827. The van der Waals surface area contributed by atoms with Crippen LogP contribution in [0.25, 0.3) is 0 Å². The Morgan fingerprint density at radius 1 is 1.04 bits per heavy atom. The third-order valence-corrected chi connectivity index (χ3v) is 11.1. The van der Waals surface area contributed by atoms with Gasteiger partial charge in [0, 0.05) is 37.9 Å². The Balaban J connectivity index is 1.53. The van der Waals surface area contributed by atoms with Crippen LogP contribution in [0.15, 0.2) is 46.0 Å². The standard InChI is InChI=1S/C19H24N2O4S3/c1-15-4-2-5-16(12-15)20-7-9-21(10-8-20)17-13-27(22,23)14-18(17)28(24,25)19-6-3-11-26-19/h2-6,11-12,17-18H,7-10,13-14H2,1H3/t17-,18-/m1/s1. The smallest absolute Gasteiger partial charge is 0.193 e. The summed E-state index contributed by atoms with van der Waals surface area (Å²) in [7, 11) is -7.02. The van der Waals surface area contributed by atoms with Gasteiger partial charge < -0.3 is 4.90 Å². The fraction of sp³-hybridized carbons (Fsp3) is 0.474. The molecule has 2 aliphatic rings. The largest absolute Gasteiger partial charge is 0.369 e. The number of thiophene rings is 1. The average Bonchev–Trinajstić information content (AvgIpc) is 3.30. The molecule has 9 heteroatoms. The SMILES string of the molecule is Cc1cccc(N2CCN([C@@H]3CS(=O)(=O)C[C@H]3S(=O)(=O)c3cccs3)CC2)c1. The lowest BCUT2D eigenvalue weighted by molar-refractivity contribution is 0.202. The summed E-state index contributed by atoms with van der Waals surface area (Å²) in [5.41, 5.74) is 2.35. The first-order valence-corrected chi connectivity index (χ1v) is 13.5. The lowest BCUT2D eigenvalue weighted by atomic mass is 10.1.